The van der Waals surface area contributed by atoms with Crippen LogP contribution in [-0.4, -0.2) is 63.3 Å². The summed E-state index contributed by atoms with van der Waals surface area (Å²) in [6.45, 7) is 4.67. The smallest absolute Gasteiger partial charge is 0.267 e. The molecule has 2 aromatic heterocycles. The molecule has 1 aliphatic heterocycles. The average Bonchev–Trinajstić information content (AvgIpc) is 3.57. The minimum Gasteiger partial charge on any atom is -0.472 e. The summed E-state index contributed by atoms with van der Waals surface area (Å²) in [5.74, 6) is -0.0588. The highest BCUT2D eigenvalue weighted by Gasteiger charge is 2.29. The topological polar surface area (TPSA) is 140 Å². The summed E-state index contributed by atoms with van der Waals surface area (Å²) in [5, 5.41) is 13.2. The molecule has 11 nitrogen and oxygen atoms in total. The van der Waals surface area contributed by atoms with Crippen molar-refractivity contribution in [3.05, 3.63) is 83.2 Å². The SMILES string of the molecule is Cc1cccc(C)c1-c1cc(OC2CCN(C(=O)c3ccc(CO)cc3)C2)nc(NS(=O)(=O)c2cnn(C)c2)n1. The molecule has 2 aromatic carbocycles. The van der Waals surface area contributed by atoms with Gasteiger partial charge in [-0.15, -0.1) is 0 Å². The van der Waals surface area contributed by atoms with E-state index in [0.29, 0.717) is 30.8 Å². The fraction of sp³-hybridized carbons (Fsp3) is 0.286. The number of aliphatic hydroxyl groups is 1. The predicted molar refractivity (Wildman–Crippen MR) is 148 cm³/mol. The number of anilines is 1. The maximum Gasteiger partial charge on any atom is 0.267 e. The van der Waals surface area contributed by atoms with Gasteiger partial charge < -0.3 is 14.7 Å². The normalized spacial score (nSPS) is 15.3. The van der Waals surface area contributed by atoms with Crippen LogP contribution in [0.25, 0.3) is 11.3 Å². The Balaban J connectivity index is 1.41. The first-order valence-corrected chi connectivity index (χ1v) is 14.2. The van der Waals surface area contributed by atoms with Gasteiger partial charge in [-0.25, -0.2) is 18.1 Å². The zero-order chi connectivity index (χ0) is 28.4. The number of benzene rings is 2. The molecule has 40 heavy (non-hydrogen) atoms. The van der Waals surface area contributed by atoms with Crippen LogP contribution in [0, 0.1) is 13.8 Å². The molecule has 4 aromatic rings. The van der Waals surface area contributed by atoms with Gasteiger partial charge >= 0.3 is 0 Å². The van der Waals surface area contributed by atoms with Crippen LogP contribution in [0.5, 0.6) is 5.88 Å². The molecule has 0 radical (unpaired) electrons. The molecule has 1 aliphatic rings. The summed E-state index contributed by atoms with van der Waals surface area (Å²) in [7, 11) is -2.37. The molecular formula is C28H30N6O5S. The van der Waals surface area contributed by atoms with E-state index in [2.05, 4.69) is 19.8 Å². The van der Waals surface area contributed by atoms with Gasteiger partial charge in [0.25, 0.3) is 15.9 Å². The van der Waals surface area contributed by atoms with E-state index >= 15 is 0 Å². The van der Waals surface area contributed by atoms with Gasteiger partial charge in [-0.1, -0.05) is 30.3 Å². The molecular weight excluding hydrogens is 532 g/mol. The summed E-state index contributed by atoms with van der Waals surface area (Å²) in [4.78, 5) is 23.6. The van der Waals surface area contributed by atoms with Crippen LogP contribution < -0.4 is 9.46 Å². The van der Waals surface area contributed by atoms with E-state index in [1.54, 1.807) is 42.3 Å². The molecule has 1 unspecified atom stereocenters. The molecule has 2 N–H and O–H groups in total. The summed E-state index contributed by atoms with van der Waals surface area (Å²) in [5.41, 5.74) is 4.57. The second-order valence-electron chi connectivity index (χ2n) is 9.77. The number of carbonyl (C=O) groups excluding carboxylic acids is 1. The number of aliphatic hydroxyl groups excluding tert-OH is 1. The van der Waals surface area contributed by atoms with Crippen LogP contribution in [0.1, 0.15) is 33.5 Å². The van der Waals surface area contributed by atoms with E-state index < -0.39 is 10.0 Å². The van der Waals surface area contributed by atoms with E-state index in [-0.39, 0.29) is 35.3 Å². The van der Waals surface area contributed by atoms with Gasteiger partial charge in [-0.2, -0.15) is 10.1 Å². The third-order valence-corrected chi connectivity index (χ3v) is 8.04. The average molecular weight is 563 g/mol. The molecule has 208 valence electrons. The second-order valence-corrected chi connectivity index (χ2v) is 11.5. The number of sulfonamides is 1. The van der Waals surface area contributed by atoms with Gasteiger partial charge in [0.2, 0.25) is 11.8 Å². The van der Waals surface area contributed by atoms with Gasteiger partial charge in [0, 0.05) is 43.4 Å². The van der Waals surface area contributed by atoms with Crippen molar-refractivity contribution in [3.63, 3.8) is 0 Å². The first-order valence-electron chi connectivity index (χ1n) is 12.8. The Labute approximate surface area is 232 Å². The van der Waals surface area contributed by atoms with Crippen molar-refractivity contribution in [2.75, 3.05) is 17.8 Å². The van der Waals surface area contributed by atoms with E-state index in [0.717, 1.165) is 22.3 Å². The van der Waals surface area contributed by atoms with Crippen LogP contribution in [0.2, 0.25) is 0 Å². The Morgan fingerprint density at radius 3 is 2.50 bits per heavy atom. The molecule has 12 heteroatoms. The number of nitrogens with one attached hydrogen (secondary N) is 1. The largest absolute Gasteiger partial charge is 0.472 e. The monoisotopic (exact) mass is 562 g/mol. The lowest BCUT2D eigenvalue weighted by molar-refractivity contribution is 0.0771. The van der Waals surface area contributed by atoms with E-state index in [9.17, 15) is 18.3 Å². The summed E-state index contributed by atoms with van der Waals surface area (Å²) >= 11 is 0. The summed E-state index contributed by atoms with van der Waals surface area (Å²) in [6.07, 6.45) is 2.87. The highest BCUT2D eigenvalue weighted by Crippen LogP contribution is 2.30. The minimum atomic E-state index is -3.99. The number of likely N-dealkylation sites (tertiary alicyclic amines) is 1. The highest BCUT2D eigenvalue weighted by atomic mass is 32.2. The lowest BCUT2D eigenvalue weighted by Crippen LogP contribution is -2.31. The van der Waals surface area contributed by atoms with Crippen molar-refractivity contribution in [2.45, 2.75) is 37.9 Å². The van der Waals surface area contributed by atoms with Crippen molar-refractivity contribution < 1.29 is 23.1 Å². The van der Waals surface area contributed by atoms with E-state index in [4.69, 9.17) is 4.74 Å². The molecule has 0 bridgehead atoms. The Hall–Kier alpha value is -4.29. The fourth-order valence-electron chi connectivity index (χ4n) is 4.71. The van der Waals surface area contributed by atoms with Crippen LogP contribution >= 0.6 is 0 Å². The van der Waals surface area contributed by atoms with Gasteiger partial charge in [0.1, 0.15) is 11.0 Å². The lowest BCUT2D eigenvalue weighted by atomic mass is 10.00. The van der Waals surface area contributed by atoms with Crippen LogP contribution in [0.3, 0.4) is 0 Å². The molecule has 1 atom stereocenters. The number of rotatable bonds is 8. The van der Waals surface area contributed by atoms with Gasteiger partial charge in [-0.3, -0.25) is 9.48 Å². The molecule has 1 amide bonds. The predicted octanol–water partition coefficient (Wildman–Crippen LogP) is 3.08. The zero-order valence-electron chi connectivity index (χ0n) is 22.4. The van der Waals surface area contributed by atoms with Crippen LogP contribution in [0.15, 0.2) is 65.8 Å². The third-order valence-electron chi connectivity index (χ3n) is 6.76. The van der Waals surface area contributed by atoms with Crippen molar-refractivity contribution >= 4 is 21.9 Å². The zero-order valence-corrected chi connectivity index (χ0v) is 23.2. The second kappa shape index (κ2) is 11.1. The molecule has 1 fully saturated rings. The number of ether oxygens (including phenoxy) is 1. The molecule has 0 aliphatic carbocycles. The molecule has 0 saturated carbocycles. The van der Waals surface area contributed by atoms with Crippen molar-refractivity contribution in [1.82, 2.24) is 24.6 Å². The quantitative estimate of drug-likeness (QED) is 0.334. The lowest BCUT2D eigenvalue weighted by Gasteiger charge is -2.18. The number of aryl methyl sites for hydroxylation is 3. The van der Waals surface area contributed by atoms with E-state index in [1.807, 2.05) is 32.0 Å². The maximum absolute atomic E-state index is 13.0. The van der Waals surface area contributed by atoms with Crippen molar-refractivity contribution in [2.24, 2.45) is 7.05 Å². The minimum absolute atomic E-state index is 0.0180. The van der Waals surface area contributed by atoms with Gasteiger partial charge in [-0.05, 0) is 42.7 Å². The Kier molecular flexibility index (Phi) is 7.55. The maximum atomic E-state index is 13.0. The van der Waals surface area contributed by atoms with Crippen LogP contribution in [0.4, 0.5) is 5.95 Å². The standard InChI is InChI=1S/C28H30N6O5S/c1-18-5-4-6-19(2)26(18)24-13-25(31-28(30-24)32-40(37,38)23-14-29-33(3)16-23)39-22-11-12-34(15-22)27(36)21-9-7-20(17-35)8-10-21/h4-10,13-14,16,22,35H,11-12,15,17H2,1-3H3,(H,30,31,32). The van der Waals surface area contributed by atoms with Crippen molar-refractivity contribution in [1.29, 1.82) is 0 Å². The Morgan fingerprint density at radius 1 is 1.12 bits per heavy atom. The highest BCUT2D eigenvalue weighted by molar-refractivity contribution is 7.92. The molecule has 5 rings (SSSR count). The first kappa shape index (κ1) is 27.3. The van der Waals surface area contributed by atoms with E-state index in [1.165, 1.54) is 17.1 Å². The third kappa shape index (κ3) is 5.82. The summed E-state index contributed by atoms with van der Waals surface area (Å²) in [6, 6.07) is 14.4. The number of amides is 1. The first-order chi connectivity index (χ1) is 19.1. The summed E-state index contributed by atoms with van der Waals surface area (Å²) < 4.78 is 36.1. The van der Waals surface area contributed by atoms with Crippen LogP contribution in [-0.2, 0) is 23.7 Å². The van der Waals surface area contributed by atoms with Gasteiger partial charge in [0.15, 0.2) is 0 Å². The van der Waals surface area contributed by atoms with Gasteiger partial charge in [0.05, 0.1) is 25.0 Å². The Bertz CT molecular complexity index is 1630. The molecule has 1 saturated heterocycles. The number of aromatic nitrogens is 4. The molecule has 0 spiro atoms. The fourth-order valence-corrected chi connectivity index (χ4v) is 5.64. The number of hydrogen-bond donors (Lipinski definition) is 2. The number of hydrogen-bond acceptors (Lipinski definition) is 8. The Morgan fingerprint density at radius 2 is 1.85 bits per heavy atom. The molecule has 3 heterocycles. The number of carbonyl (C=O) groups is 1. The number of nitrogens with zero attached hydrogens (tertiary/aromatic N) is 5. The van der Waals surface area contributed by atoms with Crippen molar-refractivity contribution in [3.8, 4) is 17.1 Å².